The lowest BCUT2D eigenvalue weighted by molar-refractivity contribution is -0.122. The summed E-state index contributed by atoms with van der Waals surface area (Å²) >= 11 is 0. The van der Waals surface area contributed by atoms with Crippen LogP contribution in [0.25, 0.3) is 0 Å². The predicted octanol–water partition coefficient (Wildman–Crippen LogP) is 1.24. The predicted molar refractivity (Wildman–Crippen MR) is 58.1 cm³/mol. The summed E-state index contributed by atoms with van der Waals surface area (Å²) < 4.78 is 0. The number of nitrogens with zero attached hydrogens (tertiary/aromatic N) is 1. The highest BCUT2D eigenvalue weighted by molar-refractivity contribution is 5.76. The Morgan fingerprint density at radius 1 is 1.43 bits per heavy atom. The van der Waals surface area contributed by atoms with Crippen molar-refractivity contribution in [1.29, 1.82) is 0 Å². The molecule has 0 radical (unpaired) electrons. The summed E-state index contributed by atoms with van der Waals surface area (Å²) in [6.07, 6.45) is 4.11. The Bertz CT molecular complexity index is 174. The Labute approximate surface area is 86.9 Å². The Kier molecular flexibility index (Phi) is 4.94. The van der Waals surface area contributed by atoms with Gasteiger partial charge in [-0.25, -0.2) is 0 Å². The first kappa shape index (κ1) is 11.5. The average Bonchev–Trinajstić information content (AvgIpc) is 2.18. The number of hydrogen-bond donors (Lipinski definition) is 1. The van der Waals surface area contributed by atoms with Crippen LogP contribution < -0.4 is 5.32 Å². The van der Waals surface area contributed by atoms with Crippen molar-refractivity contribution >= 4 is 5.91 Å². The van der Waals surface area contributed by atoms with E-state index in [0.717, 1.165) is 32.5 Å². The fourth-order valence-corrected chi connectivity index (χ4v) is 1.86. The standard InChI is InChI=1S/C11H22N2O/c1-3-6-12-11(14)9-10-4-7-13(2)8-5-10/h10H,3-9H2,1-2H3,(H,12,14). The Hall–Kier alpha value is -0.570. The van der Waals surface area contributed by atoms with E-state index in [1.54, 1.807) is 0 Å². The molecular formula is C11H22N2O. The second-order valence-electron chi connectivity index (χ2n) is 4.30. The summed E-state index contributed by atoms with van der Waals surface area (Å²) in [5.74, 6) is 0.851. The van der Waals surface area contributed by atoms with Gasteiger partial charge in [-0.15, -0.1) is 0 Å². The summed E-state index contributed by atoms with van der Waals surface area (Å²) in [6, 6.07) is 0. The molecule has 1 rings (SSSR count). The van der Waals surface area contributed by atoms with Gasteiger partial charge in [0.15, 0.2) is 0 Å². The van der Waals surface area contributed by atoms with Crippen LogP contribution in [-0.4, -0.2) is 37.5 Å². The minimum atomic E-state index is 0.237. The highest BCUT2D eigenvalue weighted by Crippen LogP contribution is 2.18. The van der Waals surface area contributed by atoms with Gasteiger partial charge < -0.3 is 10.2 Å². The van der Waals surface area contributed by atoms with Crippen LogP contribution in [0, 0.1) is 5.92 Å². The fourth-order valence-electron chi connectivity index (χ4n) is 1.86. The first-order valence-electron chi connectivity index (χ1n) is 5.67. The third-order valence-electron chi connectivity index (χ3n) is 2.88. The van der Waals surface area contributed by atoms with Gasteiger partial charge in [0, 0.05) is 13.0 Å². The minimum absolute atomic E-state index is 0.237. The molecule has 3 nitrogen and oxygen atoms in total. The van der Waals surface area contributed by atoms with Crippen LogP contribution in [-0.2, 0) is 4.79 Å². The molecule has 0 aromatic carbocycles. The van der Waals surface area contributed by atoms with Gasteiger partial charge in [-0.05, 0) is 45.3 Å². The zero-order chi connectivity index (χ0) is 10.4. The summed E-state index contributed by atoms with van der Waals surface area (Å²) in [5, 5.41) is 2.94. The average molecular weight is 198 g/mol. The van der Waals surface area contributed by atoms with Gasteiger partial charge in [-0.2, -0.15) is 0 Å². The molecule has 0 bridgehead atoms. The molecule has 0 spiro atoms. The molecular weight excluding hydrogens is 176 g/mol. The molecule has 82 valence electrons. The number of likely N-dealkylation sites (tertiary alicyclic amines) is 1. The molecule has 0 aromatic rings. The Morgan fingerprint density at radius 2 is 2.07 bits per heavy atom. The maximum absolute atomic E-state index is 11.4. The van der Waals surface area contributed by atoms with Gasteiger partial charge >= 0.3 is 0 Å². The zero-order valence-electron chi connectivity index (χ0n) is 9.38. The van der Waals surface area contributed by atoms with Crippen molar-refractivity contribution in [3.05, 3.63) is 0 Å². The van der Waals surface area contributed by atoms with Gasteiger partial charge in [0.25, 0.3) is 0 Å². The van der Waals surface area contributed by atoms with E-state index in [4.69, 9.17) is 0 Å². The largest absolute Gasteiger partial charge is 0.356 e. The van der Waals surface area contributed by atoms with Crippen LogP contribution in [0.15, 0.2) is 0 Å². The van der Waals surface area contributed by atoms with Crippen molar-refractivity contribution in [1.82, 2.24) is 10.2 Å². The molecule has 14 heavy (non-hydrogen) atoms. The van der Waals surface area contributed by atoms with Crippen LogP contribution in [0.4, 0.5) is 0 Å². The van der Waals surface area contributed by atoms with E-state index in [1.807, 2.05) is 0 Å². The molecule has 3 heteroatoms. The van der Waals surface area contributed by atoms with E-state index in [-0.39, 0.29) is 5.91 Å². The second-order valence-corrected chi connectivity index (χ2v) is 4.30. The van der Waals surface area contributed by atoms with Gasteiger partial charge in [-0.3, -0.25) is 4.79 Å². The van der Waals surface area contributed by atoms with Crippen molar-refractivity contribution in [3.63, 3.8) is 0 Å². The van der Waals surface area contributed by atoms with Gasteiger partial charge in [-0.1, -0.05) is 6.92 Å². The maximum atomic E-state index is 11.4. The molecule has 1 N–H and O–H groups in total. The fraction of sp³-hybridized carbons (Fsp3) is 0.909. The number of hydrogen-bond acceptors (Lipinski definition) is 2. The summed E-state index contributed by atoms with van der Waals surface area (Å²) in [4.78, 5) is 13.8. The number of carbonyl (C=O) groups is 1. The number of amides is 1. The number of rotatable bonds is 4. The van der Waals surface area contributed by atoms with Crippen LogP contribution in [0.5, 0.6) is 0 Å². The molecule has 0 unspecified atom stereocenters. The monoisotopic (exact) mass is 198 g/mol. The molecule has 0 aromatic heterocycles. The highest BCUT2D eigenvalue weighted by Gasteiger charge is 2.18. The first-order valence-corrected chi connectivity index (χ1v) is 5.67. The van der Waals surface area contributed by atoms with Gasteiger partial charge in [0.05, 0.1) is 0 Å². The van der Waals surface area contributed by atoms with Crippen molar-refractivity contribution in [2.24, 2.45) is 5.92 Å². The smallest absolute Gasteiger partial charge is 0.220 e. The van der Waals surface area contributed by atoms with E-state index in [9.17, 15) is 4.79 Å². The lowest BCUT2D eigenvalue weighted by Gasteiger charge is -2.28. The van der Waals surface area contributed by atoms with Crippen LogP contribution in [0.1, 0.15) is 32.6 Å². The first-order chi connectivity index (χ1) is 6.72. The van der Waals surface area contributed by atoms with Crippen LogP contribution in [0.2, 0.25) is 0 Å². The normalized spacial score (nSPS) is 19.6. The van der Waals surface area contributed by atoms with Gasteiger partial charge in [0.1, 0.15) is 0 Å². The van der Waals surface area contributed by atoms with E-state index < -0.39 is 0 Å². The van der Waals surface area contributed by atoms with Crippen molar-refractivity contribution in [2.45, 2.75) is 32.6 Å². The number of piperidine rings is 1. The molecule has 1 heterocycles. The lowest BCUT2D eigenvalue weighted by Crippen LogP contribution is -2.33. The van der Waals surface area contributed by atoms with Gasteiger partial charge in [0.2, 0.25) is 5.91 Å². The van der Waals surface area contributed by atoms with Crippen molar-refractivity contribution in [3.8, 4) is 0 Å². The summed E-state index contributed by atoms with van der Waals surface area (Å²) in [5.41, 5.74) is 0. The molecule has 1 saturated heterocycles. The second kappa shape index (κ2) is 6.02. The zero-order valence-corrected chi connectivity index (χ0v) is 9.38. The molecule has 1 aliphatic heterocycles. The molecule has 0 atom stereocenters. The van der Waals surface area contributed by atoms with E-state index in [2.05, 4.69) is 24.2 Å². The summed E-state index contributed by atoms with van der Waals surface area (Å²) in [7, 11) is 2.15. The molecule has 0 saturated carbocycles. The maximum Gasteiger partial charge on any atom is 0.220 e. The van der Waals surface area contributed by atoms with E-state index >= 15 is 0 Å². The third-order valence-corrected chi connectivity index (χ3v) is 2.88. The quantitative estimate of drug-likeness (QED) is 0.737. The summed E-state index contributed by atoms with van der Waals surface area (Å²) in [6.45, 7) is 5.19. The Morgan fingerprint density at radius 3 is 2.64 bits per heavy atom. The molecule has 1 aliphatic rings. The lowest BCUT2D eigenvalue weighted by atomic mass is 9.93. The van der Waals surface area contributed by atoms with Crippen molar-refractivity contribution < 1.29 is 4.79 Å². The Balaban J connectivity index is 2.14. The number of carbonyl (C=O) groups excluding carboxylic acids is 1. The SMILES string of the molecule is CCCNC(=O)CC1CCN(C)CC1. The molecule has 0 aliphatic carbocycles. The topological polar surface area (TPSA) is 32.3 Å². The van der Waals surface area contributed by atoms with E-state index in [1.165, 1.54) is 12.8 Å². The minimum Gasteiger partial charge on any atom is -0.356 e. The third kappa shape index (κ3) is 4.09. The van der Waals surface area contributed by atoms with E-state index in [0.29, 0.717) is 5.92 Å². The molecule has 1 fully saturated rings. The van der Waals surface area contributed by atoms with Crippen LogP contribution >= 0.6 is 0 Å². The molecule has 1 amide bonds. The van der Waals surface area contributed by atoms with Crippen molar-refractivity contribution in [2.75, 3.05) is 26.7 Å². The highest BCUT2D eigenvalue weighted by atomic mass is 16.1. The van der Waals surface area contributed by atoms with Crippen LogP contribution in [0.3, 0.4) is 0 Å². The number of nitrogens with one attached hydrogen (secondary N) is 1.